The van der Waals surface area contributed by atoms with Gasteiger partial charge in [-0.1, -0.05) is 164 Å². The van der Waals surface area contributed by atoms with E-state index in [1.54, 1.807) is 0 Å². The summed E-state index contributed by atoms with van der Waals surface area (Å²) in [6, 6.07) is 67.7. The third kappa shape index (κ3) is 6.09. The summed E-state index contributed by atoms with van der Waals surface area (Å²) in [7, 11) is 0. The average molecular weight is 796 g/mol. The summed E-state index contributed by atoms with van der Waals surface area (Å²) < 4.78 is 8.69. The van der Waals surface area contributed by atoms with Gasteiger partial charge in [-0.15, -0.1) is 0 Å². The Kier molecular flexibility index (Phi) is 8.31. The zero-order valence-electron chi connectivity index (χ0n) is 33.1. The summed E-state index contributed by atoms with van der Waals surface area (Å²) in [6.07, 6.45) is 0. The molecule has 8 nitrogen and oxygen atoms in total. The van der Waals surface area contributed by atoms with E-state index in [1.165, 1.54) is 0 Å². The molecule has 0 amide bonds. The second-order valence-electron chi connectivity index (χ2n) is 15.1. The highest BCUT2D eigenvalue weighted by atomic mass is 16.3. The third-order valence-corrected chi connectivity index (χ3v) is 11.3. The topological polar surface area (TPSA) is 95.4 Å². The van der Waals surface area contributed by atoms with Crippen molar-refractivity contribution in [2.45, 2.75) is 0 Å². The van der Waals surface area contributed by atoms with Crippen molar-refractivity contribution in [3.8, 4) is 74.0 Å². The fourth-order valence-electron chi connectivity index (χ4n) is 8.39. The Hall–Kier alpha value is -8.62. The van der Waals surface area contributed by atoms with Crippen LogP contribution in [0.1, 0.15) is 0 Å². The van der Waals surface area contributed by atoms with Gasteiger partial charge in [-0.3, -0.25) is 4.57 Å². The van der Waals surface area contributed by atoms with Crippen molar-refractivity contribution in [3.05, 3.63) is 200 Å². The maximum Gasteiger partial charge on any atom is 0.238 e. The molecule has 0 aliphatic carbocycles. The standard InChI is InChI=1S/C54H33N7O/c1-5-16-34(17-6-1)38-28-30-41-40-24-13-14-26-44(40)61(45(41)33-38)54-59-51(37-22-11-4-12-23-37)56-52(60-54)39-29-31-46-43(32-39)48-42(25-15-27-47(48)62-46)53-57-49(35-18-7-2-8-19-35)55-50(58-53)36-20-9-3-10-21-36/h1-33H. The van der Waals surface area contributed by atoms with E-state index in [-0.39, 0.29) is 0 Å². The Morgan fingerprint density at radius 3 is 1.47 bits per heavy atom. The number of rotatable bonds is 7. The van der Waals surface area contributed by atoms with Gasteiger partial charge in [0.25, 0.3) is 0 Å². The highest BCUT2D eigenvalue weighted by molar-refractivity contribution is 6.13. The number of fused-ring (bicyclic) bond motifs is 6. The molecular formula is C54H33N7O. The van der Waals surface area contributed by atoms with Crippen LogP contribution in [0, 0.1) is 0 Å². The number of furan rings is 1. The summed E-state index contributed by atoms with van der Waals surface area (Å²) in [5.74, 6) is 3.35. The van der Waals surface area contributed by atoms with E-state index in [0.717, 1.165) is 82.7 Å². The minimum absolute atomic E-state index is 0.523. The highest BCUT2D eigenvalue weighted by Crippen LogP contribution is 2.39. The average Bonchev–Trinajstić information content (AvgIpc) is 3.90. The maximum atomic E-state index is 6.53. The van der Waals surface area contributed by atoms with Gasteiger partial charge in [-0.25, -0.2) is 19.9 Å². The molecule has 0 saturated heterocycles. The molecule has 0 aliphatic rings. The molecule has 0 bridgehead atoms. The molecule has 290 valence electrons. The zero-order valence-corrected chi connectivity index (χ0v) is 33.1. The van der Waals surface area contributed by atoms with Gasteiger partial charge in [0.2, 0.25) is 5.95 Å². The highest BCUT2D eigenvalue weighted by Gasteiger charge is 2.21. The Labute approximate surface area is 355 Å². The Morgan fingerprint density at radius 1 is 0.306 bits per heavy atom. The van der Waals surface area contributed by atoms with Gasteiger partial charge in [0.1, 0.15) is 11.2 Å². The summed E-state index contributed by atoms with van der Waals surface area (Å²) in [6.45, 7) is 0. The van der Waals surface area contributed by atoms with Crippen LogP contribution in [0.5, 0.6) is 0 Å². The van der Waals surface area contributed by atoms with Crippen LogP contribution in [0.25, 0.3) is 118 Å². The predicted octanol–water partition coefficient (Wildman–Crippen LogP) is 13.1. The normalized spacial score (nSPS) is 11.5. The molecule has 62 heavy (non-hydrogen) atoms. The van der Waals surface area contributed by atoms with Gasteiger partial charge < -0.3 is 4.42 Å². The van der Waals surface area contributed by atoms with Gasteiger partial charge >= 0.3 is 0 Å². The van der Waals surface area contributed by atoms with E-state index in [9.17, 15) is 0 Å². The molecule has 0 N–H and O–H groups in total. The van der Waals surface area contributed by atoms with Crippen LogP contribution in [0.3, 0.4) is 0 Å². The minimum atomic E-state index is 0.523. The SMILES string of the molecule is c1ccc(-c2ccc3c4ccccc4n(-c4nc(-c5ccccc5)nc(-c5ccc6oc7cccc(-c8nc(-c9ccccc9)nc(-c9ccccc9)n8)c7c6c5)n4)c3c2)cc1. The first kappa shape index (κ1) is 35.3. The number of para-hydroxylation sites is 1. The summed E-state index contributed by atoms with van der Waals surface area (Å²) in [4.78, 5) is 30.7. The van der Waals surface area contributed by atoms with Crippen molar-refractivity contribution in [1.82, 2.24) is 34.5 Å². The lowest BCUT2D eigenvalue weighted by Crippen LogP contribution is -2.06. The number of aromatic nitrogens is 7. The third-order valence-electron chi connectivity index (χ3n) is 11.3. The molecular weight excluding hydrogens is 763 g/mol. The first-order valence-electron chi connectivity index (χ1n) is 20.5. The molecule has 4 aromatic heterocycles. The lowest BCUT2D eigenvalue weighted by atomic mass is 10.0. The van der Waals surface area contributed by atoms with E-state index < -0.39 is 0 Å². The number of nitrogens with zero attached hydrogens (tertiary/aromatic N) is 7. The minimum Gasteiger partial charge on any atom is -0.456 e. The first-order chi connectivity index (χ1) is 30.7. The van der Waals surface area contributed by atoms with Gasteiger partial charge in [0.15, 0.2) is 29.1 Å². The Balaban J connectivity index is 1.07. The van der Waals surface area contributed by atoms with E-state index in [0.29, 0.717) is 35.1 Å². The Morgan fingerprint density at radius 2 is 0.823 bits per heavy atom. The molecule has 0 unspecified atom stereocenters. The number of benzene rings is 8. The molecule has 0 saturated carbocycles. The van der Waals surface area contributed by atoms with E-state index in [2.05, 4.69) is 77.4 Å². The first-order valence-corrected chi connectivity index (χ1v) is 20.5. The largest absolute Gasteiger partial charge is 0.456 e. The van der Waals surface area contributed by atoms with Crippen LogP contribution in [-0.2, 0) is 0 Å². The van der Waals surface area contributed by atoms with Crippen LogP contribution in [0.2, 0.25) is 0 Å². The van der Waals surface area contributed by atoms with Crippen molar-refractivity contribution in [3.63, 3.8) is 0 Å². The molecule has 12 rings (SSSR count). The fraction of sp³-hybridized carbons (Fsp3) is 0. The van der Waals surface area contributed by atoms with E-state index in [1.807, 2.05) is 127 Å². The molecule has 8 aromatic carbocycles. The lowest BCUT2D eigenvalue weighted by molar-refractivity contribution is 0.669. The zero-order chi connectivity index (χ0) is 41.0. The molecule has 0 atom stereocenters. The predicted molar refractivity (Wildman–Crippen MR) is 247 cm³/mol. The van der Waals surface area contributed by atoms with Crippen LogP contribution in [0.4, 0.5) is 0 Å². The van der Waals surface area contributed by atoms with Crippen LogP contribution >= 0.6 is 0 Å². The van der Waals surface area contributed by atoms with Gasteiger partial charge in [-0.05, 0) is 47.5 Å². The van der Waals surface area contributed by atoms with Gasteiger partial charge in [0, 0.05) is 49.4 Å². The fourth-order valence-corrected chi connectivity index (χ4v) is 8.39. The van der Waals surface area contributed by atoms with Crippen LogP contribution in [0.15, 0.2) is 205 Å². The molecule has 0 spiro atoms. The van der Waals surface area contributed by atoms with Crippen molar-refractivity contribution in [2.24, 2.45) is 0 Å². The monoisotopic (exact) mass is 795 g/mol. The molecule has 0 aliphatic heterocycles. The second-order valence-corrected chi connectivity index (χ2v) is 15.1. The molecule has 0 fully saturated rings. The van der Waals surface area contributed by atoms with E-state index in [4.69, 9.17) is 34.3 Å². The van der Waals surface area contributed by atoms with Crippen LogP contribution in [-0.4, -0.2) is 34.5 Å². The van der Waals surface area contributed by atoms with Gasteiger partial charge in [-0.2, -0.15) is 9.97 Å². The number of hydrogen-bond donors (Lipinski definition) is 0. The lowest BCUT2D eigenvalue weighted by Gasteiger charge is -2.11. The molecule has 8 heteroatoms. The van der Waals surface area contributed by atoms with Crippen LogP contribution < -0.4 is 0 Å². The van der Waals surface area contributed by atoms with Crippen molar-refractivity contribution in [2.75, 3.05) is 0 Å². The summed E-state index contributed by atoms with van der Waals surface area (Å²) >= 11 is 0. The maximum absolute atomic E-state index is 6.53. The number of hydrogen-bond acceptors (Lipinski definition) is 7. The molecule has 0 radical (unpaired) electrons. The van der Waals surface area contributed by atoms with E-state index >= 15 is 0 Å². The summed E-state index contributed by atoms with van der Waals surface area (Å²) in [5, 5.41) is 4.02. The van der Waals surface area contributed by atoms with Gasteiger partial charge in [0.05, 0.1) is 11.0 Å². The Bertz CT molecular complexity index is 3570. The second kappa shape index (κ2) is 14.6. The summed E-state index contributed by atoms with van der Waals surface area (Å²) in [5.41, 5.74) is 10.0. The smallest absolute Gasteiger partial charge is 0.238 e. The van der Waals surface area contributed by atoms with Crippen molar-refractivity contribution >= 4 is 43.7 Å². The quantitative estimate of drug-likeness (QED) is 0.158. The molecule has 12 aromatic rings. The molecule has 4 heterocycles. The van der Waals surface area contributed by atoms with Crippen molar-refractivity contribution in [1.29, 1.82) is 0 Å². The van der Waals surface area contributed by atoms with Crippen molar-refractivity contribution < 1.29 is 4.42 Å².